The fourth-order valence-corrected chi connectivity index (χ4v) is 4.31. The molecule has 8 heteroatoms. The molecule has 0 heterocycles. The molecular weight excluding hydrogens is 440 g/mol. The van der Waals surface area contributed by atoms with Gasteiger partial charge in [-0.25, -0.2) is 8.42 Å². The normalized spacial score (nSPS) is 11.2. The third-order valence-electron chi connectivity index (χ3n) is 5.04. The van der Waals surface area contributed by atoms with Crippen molar-refractivity contribution in [2.45, 2.75) is 17.9 Å². The molecule has 0 bridgehead atoms. The molecule has 33 heavy (non-hydrogen) atoms. The van der Waals surface area contributed by atoms with Crippen LogP contribution in [0.3, 0.4) is 0 Å². The van der Waals surface area contributed by atoms with Crippen molar-refractivity contribution in [2.75, 3.05) is 27.3 Å². The zero-order valence-corrected chi connectivity index (χ0v) is 19.5. The molecule has 0 aliphatic heterocycles. The predicted octanol–water partition coefficient (Wildman–Crippen LogP) is 3.25. The van der Waals surface area contributed by atoms with Crippen molar-refractivity contribution in [3.8, 4) is 11.5 Å². The van der Waals surface area contributed by atoms with E-state index in [-0.39, 0.29) is 24.0 Å². The van der Waals surface area contributed by atoms with Gasteiger partial charge in [-0.3, -0.25) is 4.79 Å². The summed E-state index contributed by atoms with van der Waals surface area (Å²) in [7, 11) is -0.476. The van der Waals surface area contributed by atoms with E-state index in [4.69, 9.17) is 9.47 Å². The minimum atomic E-state index is -3.64. The molecule has 1 N–H and O–H groups in total. The zero-order valence-electron chi connectivity index (χ0n) is 18.7. The van der Waals surface area contributed by atoms with Crippen molar-refractivity contribution < 1.29 is 22.7 Å². The molecule has 0 unspecified atom stereocenters. The van der Waals surface area contributed by atoms with E-state index in [0.717, 1.165) is 16.9 Å². The molecule has 0 aliphatic carbocycles. The van der Waals surface area contributed by atoms with Crippen LogP contribution in [0.15, 0.2) is 83.8 Å². The van der Waals surface area contributed by atoms with E-state index in [0.29, 0.717) is 18.7 Å². The van der Waals surface area contributed by atoms with Crippen LogP contribution in [0.2, 0.25) is 0 Å². The number of nitrogens with zero attached hydrogens (tertiary/aromatic N) is 1. The zero-order chi connectivity index (χ0) is 23.7. The quantitative estimate of drug-likeness (QED) is 0.467. The Bertz CT molecular complexity index is 1130. The van der Waals surface area contributed by atoms with Crippen molar-refractivity contribution >= 4 is 15.9 Å². The Labute approximate surface area is 195 Å². The van der Waals surface area contributed by atoms with Crippen molar-refractivity contribution in [1.82, 2.24) is 9.62 Å². The van der Waals surface area contributed by atoms with Gasteiger partial charge in [-0.2, -0.15) is 4.31 Å². The first-order chi connectivity index (χ1) is 15.9. The number of ether oxygens (including phenoxy) is 2. The van der Waals surface area contributed by atoms with Crippen LogP contribution in [0.25, 0.3) is 0 Å². The molecule has 0 saturated heterocycles. The van der Waals surface area contributed by atoms with E-state index in [1.807, 2.05) is 54.6 Å². The minimum absolute atomic E-state index is 0.150. The molecule has 0 radical (unpaired) electrons. The lowest BCUT2D eigenvalue weighted by Crippen LogP contribution is -2.30. The number of hydrogen-bond donors (Lipinski definition) is 1. The van der Waals surface area contributed by atoms with E-state index >= 15 is 0 Å². The van der Waals surface area contributed by atoms with Crippen LogP contribution in [0.4, 0.5) is 0 Å². The highest BCUT2D eigenvalue weighted by atomic mass is 32.2. The molecule has 3 aromatic carbocycles. The molecule has 1 amide bonds. The lowest BCUT2D eigenvalue weighted by molar-refractivity contribution is -0.123. The van der Waals surface area contributed by atoms with Crippen molar-refractivity contribution in [3.05, 3.63) is 90.0 Å². The fraction of sp³-hybridized carbons (Fsp3) is 0.240. The molecule has 0 aromatic heterocycles. The molecule has 0 atom stereocenters. The van der Waals surface area contributed by atoms with Crippen LogP contribution < -0.4 is 14.8 Å². The maximum atomic E-state index is 12.8. The van der Waals surface area contributed by atoms with Crippen molar-refractivity contribution in [1.29, 1.82) is 0 Å². The van der Waals surface area contributed by atoms with Crippen LogP contribution in [0, 0.1) is 0 Å². The third kappa shape index (κ3) is 7.06. The summed E-state index contributed by atoms with van der Waals surface area (Å²) in [6.07, 6.45) is 0.693. The Morgan fingerprint density at radius 1 is 0.879 bits per heavy atom. The first-order valence-electron chi connectivity index (χ1n) is 10.5. The van der Waals surface area contributed by atoms with Gasteiger partial charge in [-0.1, -0.05) is 42.5 Å². The van der Waals surface area contributed by atoms with Crippen LogP contribution in [0.1, 0.15) is 11.1 Å². The van der Waals surface area contributed by atoms with Gasteiger partial charge in [-0.05, 0) is 53.9 Å². The molecule has 0 aliphatic rings. The van der Waals surface area contributed by atoms with Gasteiger partial charge in [0.1, 0.15) is 11.5 Å². The molecule has 0 spiro atoms. The number of amides is 1. The molecule has 0 fully saturated rings. The molecule has 3 aromatic rings. The molecule has 3 rings (SSSR count). The maximum absolute atomic E-state index is 12.8. The first-order valence-corrected chi connectivity index (χ1v) is 12.0. The largest absolute Gasteiger partial charge is 0.497 e. The van der Waals surface area contributed by atoms with E-state index in [2.05, 4.69) is 5.32 Å². The Kier molecular flexibility index (Phi) is 8.46. The van der Waals surface area contributed by atoms with Gasteiger partial charge in [0.25, 0.3) is 5.91 Å². The molecular formula is C25H28N2O5S. The Balaban J connectivity index is 1.45. The average molecular weight is 469 g/mol. The standard InChI is InChI=1S/C25H28N2O5S/c1-27(18-21-6-4-3-5-7-21)33(29,30)24-14-12-23(13-15-24)32-19-25(28)26-17-16-20-8-10-22(31-2)11-9-20/h3-15H,16-19H2,1-2H3,(H,26,28). The predicted molar refractivity (Wildman–Crippen MR) is 127 cm³/mol. The molecule has 7 nitrogen and oxygen atoms in total. The van der Waals surface area contributed by atoms with E-state index < -0.39 is 10.0 Å². The monoisotopic (exact) mass is 468 g/mol. The summed E-state index contributed by atoms with van der Waals surface area (Å²) >= 11 is 0. The fourth-order valence-electron chi connectivity index (χ4n) is 3.15. The van der Waals surface area contributed by atoms with Gasteiger partial charge in [0.2, 0.25) is 10.0 Å². The number of benzene rings is 3. The highest BCUT2D eigenvalue weighted by Crippen LogP contribution is 2.20. The first kappa shape index (κ1) is 24.3. The minimum Gasteiger partial charge on any atom is -0.497 e. The topological polar surface area (TPSA) is 84.9 Å². The van der Waals surface area contributed by atoms with Gasteiger partial charge in [0.05, 0.1) is 12.0 Å². The maximum Gasteiger partial charge on any atom is 0.257 e. The second-order valence-corrected chi connectivity index (χ2v) is 9.50. The summed E-state index contributed by atoms with van der Waals surface area (Å²) in [5.41, 5.74) is 1.99. The lowest BCUT2D eigenvalue weighted by atomic mass is 10.1. The molecule has 174 valence electrons. The van der Waals surface area contributed by atoms with Gasteiger partial charge in [-0.15, -0.1) is 0 Å². The SMILES string of the molecule is COc1ccc(CCNC(=O)COc2ccc(S(=O)(=O)N(C)Cc3ccccc3)cc2)cc1. The lowest BCUT2D eigenvalue weighted by Gasteiger charge is -2.17. The van der Waals surface area contributed by atoms with E-state index in [9.17, 15) is 13.2 Å². The number of nitrogens with one attached hydrogen (secondary N) is 1. The van der Waals surface area contributed by atoms with E-state index in [1.54, 1.807) is 26.3 Å². The van der Waals surface area contributed by atoms with Crippen LogP contribution in [-0.4, -0.2) is 45.9 Å². The number of carbonyl (C=O) groups is 1. The average Bonchev–Trinajstić information content (AvgIpc) is 2.84. The van der Waals surface area contributed by atoms with Crippen LogP contribution in [-0.2, 0) is 27.8 Å². The molecule has 0 saturated carbocycles. The Morgan fingerprint density at radius 2 is 1.52 bits per heavy atom. The summed E-state index contributed by atoms with van der Waals surface area (Å²) in [5, 5.41) is 2.81. The van der Waals surface area contributed by atoms with Crippen molar-refractivity contribution in [3.63, 3.8) is 0 Å². The van der Waals surface area contributed by atoms with Crippen molar-refractivity contribution in [2.24, 2.45) is 0 Å². The number of methoxy groups -OCH3 is 1. The summed E-state index contributed by atoms with van der Waals surface area (Å²) in [5.74, 6) is 0.964. The summed E-state index contributed by atoms with van der Waals surface area (Å²) in [6.45, 7) is 0.611. The third-order valence-corrected chi connectivity index (χ3v) is 6.86. The Morgan fingerprint density at radius 3 is 2.15 bits per heavy atom. The summed E-state index contributed by atoms with van der Waals surface area (Å²) in [4.78, 5) is 12.2. The summed E-state index contributed by atoms with van der Waals surface area (Å²) < 4.78 is 37.5. The number of sulfonamides is 1. The number of carbonyl (C=O) groups excluding carboxylic acids is 1. The van der Waals surface area contributed by atoms with Gasteiger partial charge >= 0.3 is 0 Å². The highest BCUT2D eigenvalue weighted by Gasteiger charge is 2.21. The number of rotatable bonds is 11. The smallest absolute Gasteiger partial charge is 0.257 e. The highest BCUT2D eigenvalue weighted by molar-refractivity contribution is 7.89. The van der Waals surface area contributed by atoms with Gasteiger partial charge < -0.3 is 14.8 Å². The Hall–Kier alpha value is -3.36. The number of hydrogen-bond acceptors (Lipinski definition) is 5. The second-order valence-electron chi connectivity index (χ2n) is 7.45. The van der Waals surface area contributed by atoms with E-state index in [1.165, 1.54) is 16.4 Å². The van der Waals surface area contributed by atoms with Gasteiger partial charge in [0.15, 0.2) is 6.61 Å². The summed E-state index contributed by atoms with van der Waals surface area (Å²) in [6, 6.07) is 23.1. The van der Waals surface area contributed by atoms with Gasteiger partial charge in [0, 0.05) is 20.1 Å². The van der Waals surface area contributed by atoms with Crippen LogP contribution >= 0.6 is 0 Å². The van der Waals surface area contributed by atoms with Crippen LogP contribution in [0.5, 0.6) is 11.5 Å². The second kappa shape index (κ2) is 11.5.